The maximum atomic E-state index is 8.25. The summed E-state index contributed by atoms with van der Waals surface area (Å²) >= 11 is 0. The van der Waals surface area contributed by atoms with Gasteiger partial charge in [-0.15, -0.1) is 0 Å². The highest BCUT2D eigenvalue weighted by Gasteiger charge is 2.27. The predicted molar refractivity (Wildman–Crippen MR) is 20.9 cm³/mol. The molecule has 0 radical (unpaired) electrons. The highest BCUT2D eigenvalue weighted by atomic mass is 16.5. The minimum absolute atomic E-state index is 0.213. The van der Waals surface area contributed by atoms with E-state index in [0.717, 1.165) is 12.8 Å². The van der Waals surface area contributed by atoms with Gasteiger partial charge in [0.2, 0.25) is 0 Å². The maximum Gasteiger partial charge on any atom is 0.154 e. The first kappa shape index (κ1) is 4.09. The first-order valence-corrected chi connectivity index (χ1v) is 2.17. The van der Waals surface area contributed by atoms with Crippen molar-refractivity contribution in [3.05, 3.63) is 0 Å². The average molecular weight is 88.1 g/mol. The van der Waals surface area contributed by atoms with Crippen molar-refractivity contribution in [3.63, 3.8) is 0 Å². The van der Waals surface area contributed by atoms with Crippen LogP contribution < -0.4 is 0 Å². The summed E-state index contributed by atoms with van der Waals surface area (Å²) in [5, 5.41) is 16.5. The Hall–Kier alpha value is -0.0800. The molecule has 0 spiro atoms. The van der Waals surface area contributed by atoms with Crippen LogP contribution in [-0.2, 0) is 0 Å². The molecule has 1 aliphatic carbocycles. The molecule has 2 nitrogen and oxygen atoms in total. The molecule has 0 amide bonds. The largest absolute Gasteiger partial charge is 0.368 e. The van der Waals surface area contributed by atoms with E-state index in [1.165, 1.54) is 0 Å². The summed E-state index contributed by atoms with van der Waals surface area (Å²) in [4.78, 5) is 0. The van der Waals surface area contributed by atoms with Gasteiger partial charge in [-0.2, -0.15) is 0 Å². The zero-order valence-corrected chi connectivity index (χ0v) is 3.46. The molecular formula is C4H8O2. The number of hydrogen-bond acceptors (Lipinski definition) is 2. The Kier molecular flexibility index (Phi) is 0.821. The Balaban J connectivity index is 2.13. The van der Waals surface area contributed by atoms with Crippen LogP contribution in [0.3, 0.4) is 0 Å². The van der Waals surface area contributed by atoms with E-state index in [4.69, 9.17) is 10.2 Å². The second kappa shape index (κ2) is 1.21. The van der Waals surface area contributed by atoms with E-state index in [1.807, 2.05) is 0 Å². The lowest BCUT2D eigenvalue weighted by Crippen LogP contribution is -2.05. The van der Waals surface area contributed by atoms with Crippen LogP contribution in [0.15, 0.2) is 0 Å². The summed E-state index contributed by atoms with van der Waals surface area (Å²) in [6, 6.07) is 0. The van der Waals surface area contributed by atoms with Crippen molar-refractivity contribution in [3.8, 4) is 0 Å². The Morgan fingerprint density at radius 1 is 1.33 bits per heavy atom. The Morgan fingerprint density at radius 3 is 1.83 bits per heavy atom. The average Bonchev–Trinajstić information content (AvgIpc) is 2.06. The zero-order chi connectivity index (χ0) is 4.57. The lowest BCUT2D eigenvalue weighted by molar-refractivity contribution is -0.0563. The van der Waals surface area contributed by atoms with E-state index in [9.17, 15) is 0 Å². The molecule has 1 aliphatic rings. The first-order chi connectivity index (χ1) is 2.80. The van der Waals surface area contributed by atoms with Crippen molar-refractivity contribution in [2.24, 2.45) is 5.92 Å². The molecule has 0 aliphatic heterocycles. The van der Waals surface area contributed by atoms with Gasteiger partial charge in [-0.05, 0) is 12.8 Å². The monoisotopic (exact) mass is 88.1 g/mol. The molecule has 0 saturated heterocycles. The highest BCUT2D eigenvalue weighted by Crippen LogP contribution is 2.30. The van der Waals surface area contributed by atoms with E-state index in [0.29, 0.717) is 0 Å². The van der Waals surface area contributed by atoms with E-state index >= 15 is 0 Å². The van der Waals surface area contributed by atoms with Crippen molar-refractivity contribution < 1.29 is 10.2 Å². The molecule has 36 valence electrons. The third kappa shape index (κ3) is 0.698. The molecule has 1 saturated carbocycles. The van der Waals surface area contributed by atoms with Gasteiger partial charge in [0, 0.05) is 5.92 Å². The third-order valence-corrected chi connectivity index (χ3v) is 1.04. The SMILES string of the molecule is OC(O)C1CC1. The van der Waals surface area contributed by atoms with Crippen molar-refractivity contribution in [2.75, 3.05) is 0 Å². The van der Waals surface area contributed by atoms with Crippen LogP contribution >= 0.6 is 0 Å². The smallest absolute Gasteiger partial charge is 0.154 e. The van der Waals surface area contributed by atoms with Crippen LogP contribution in [0.4, 0.5) is 0 Å². The molecule has 0 aromatic carbocycles. The molecule has 0 atom stereocenters. The van der Waals surface area contributed by atoms with Crippen molar-refractivity contribution in [2.45, 2.75) is 19.1 Å². The molecule has 0 bridgehead atoms. The van der Waals surface area contributed by atoms with Gasteiger partial charge >= 0.3 is 0 Å². The first-order valence-electron chi connectivity index (χ1n) is 2.17. The number of aliphatic hydroxyl groups excluding tert-OH is 1. The Bertz CT molecular complexity index is 47.5. The summed E-state index contributed by atoms with van der Waals surface area (Å²) < 4.78 is 0. The molecule has 2 N–H and O–H groups in total. The number of rotatable bonds is 1. The van der Waals surface area contributed by atoms with Gasteiger partial charge in [0.25, 0.3) is 0 Å². The summed E-state index contributed by atoms with van der Waals surface area (Å²) in [6.45, 7) is 0. The summed E-state index contributed by atoms with van der Waals surface area (Å²) in [5.74, 6) is 0.213. The van der Waals surface area contributed by atoms with Gasteiger partial charge in [0.05, 0.1) is 0 Å². The lowest BCUT2D eigenvalue weighted by Gasteiger charge is -1.93. The van der Waals surface area contributed by atoms with Gasteiger partial charge in [0.1, 0.15) is 0 Å². The van der Waals surface area contributed by atoms with Crippen LogP contribution in [0.5, 0.6) is 0 Å². The number of hydrogen-bond donors (Lipinski definition) is 2. The summed E-state index contributed by atoms with van der Waals surface area (Å²) in [7, 11) is 0. The quantitative estimate of drug-likeness (QED) is 0.432. The second-order valence-corrected chi connectivity index (χ2v) is 1.75. The van der Waals surface area contributed by atoms with Gasteiger partial charge < -0.3 is 10.2 Å². The molecule has 0 unspecified atom stereocenters. The van der Waals surface area contributed by atoms with E-state index < -0.39 is 6.29 Å². The minimum Gasteiger partial charge on any atom is -0.368 e. The standard InChI is InChI=1S/C4H8O2/c5-4(6)3-1-2-3/h3-6H,1-2H2. The molecule has 1 rings (SSSR count). The normalized spacial score (nSPS) is 22.5. The van der Waals surface area contributed by atoms with Gasteiger partial charge in [-0.1, -0.05) is 0 Å². The molecular weight excluding hydrogens is 80.0 g/mol. The van der Waals surface area contributed by atoms with E-state index in [2.05, 4.69) is 0 Å². The van der Waals surface area contributed by atoms with Crippen LogP contribution in [0.25, 0.3) is 0 Å². The molecule has 2 heteroatoms. The summed E-state index contributed by atoms with van der Waals surface area (Å²) in [5.41, 5.74) is 0. The number of aliphatic hydroxyl groups is 2. The molecule has 6 heavy (non-hydrogen) atoms. The van der Waals surface area contributed by atoms with Crippen LogP contribution in [0.1, 0.15) is 12.8 Å². The summed E-state index contributed by atoms with van der Waals surface area (Å²) in [6.07, 6.45) is 0.958. The maximum absolute atomic E-state index is 8.25. The fourth-order valence-electron chi connectivity index (χ4n) is 0.394. The predicted octanol–water partition coefficient (Wildman–Crippen LogP) is -0.293. The second-order valence-electron chi connectivity index (χ2n) is 1.75. The highest BCUT2D eigenvalue weighted by molar-refractivity contribution is 4.73. The van der Waals surface area contributed by atoms with Crippen molar-refractivity contribution in [1.82, 2.24) is 0 Å². The van der Waals surface area contributed by atoms with Gasteiger partial charge in [-0.3, -0.25) is 0 Å². The van der Waals surface area contributed by atoms with Crippen LogP contribution in [0.2, 0.25) is 0 Å². The fourth-order valence-corrected chi connectivity index (χ4v) is 0.394. The Labute approximate surface area is 36.4 Å². The van der Waals surface area contributed by atoms with Crippen molar-refractivity contribution >= 4 is 0 Å². The van der Waals surface area contributed by atoms with Crippen LogP contribution in [-0.4, -0.2) is 16.5 Å². The molecule has 0 heterocycles. The van der Waals surface area contributed by atoms with Crippen LogP contribution in [0, 0.1) is 5.92 Å². The van der Waals surface area contributed by atoms with E-state index in [-0.39, 0.29) is 5.92 Å². The zero-order valence-electron chi connectivity index (χ0n) is 3.46. The van der Waals surface area contributed by atoms with E-state index in [1.54, 1.807) is 0 Å². The molecule has 0 aromatic rings. The molecule has 0 aromatic heterocycles. The fraction of sp³-hybridized carbons (Fsp3) is 1.00. The topological polar surface area (TPSA) is 40.5 Å². The Morgan fingerprint density at radius 2 is 1.83 bits per heavy atom. The third-order valence-electron chi connectivity index (χ3n) is 1.04. The van der Waals surface area contributed by atoms with Crippen molar-refractivity contribution in [1.29, 1.82) is 0 Å². The van der Waals surface area contributed by atoms with Gasteiger partial charge in [0.15, 0.2) is 6.29 Å². The minimum atomic E-state index is -1.04. The molecule has 1 fully saturated rings. The van der Waals surface area contributed by atoms with Gasteiger partial charge in [-0.25, -0.2) is 0 Å². The lowest BCUT2D eigenvalue weighted by atomic mass is 10.4.